The summed E-state index contributed by atoms with van der Waals surface area (Å²) in [6.45, 7) is 0. The lowest BCUT2D eigenvalue weighted by Crippen LogP contribution is -2.26. The molecule has 2 heteroatoms. The zero-order valence-corrected chi connectivity index (χ0v) is 38.6. The van der Waals surface area contributed by atoms with Crippen molar-refractivity contribution >= 4 is 10.8 Å². The minimum absolute atomic E-state index is 0.502. The second kappa shape index (κ2) is 15.4. The van der Waals surface area contributed by atoms with Gasteiger partial charge in [-0.25, -0.2) is 4.98 Å². The van der Waals surface area contributed by atoms with Gasteiger partial charge in [0.15, 0.2) is 0 Å². The van der Waals surface area contributed by atoms with Gasteiger partial charge >= 0.3 is 0 Å². The van der Waals surface area contributed by atoms with Gasteiger partial charge in [0, 0.05) is 34.6 Å². The Bertz CT molecular complexity index is 3980. The number of aromatic nitrogens is 2. The van der Waals surface area contributed by atoms with E-state index in [1.807, 2.05) is 6.20 Å². The topological polar surface area (TPSA) is 25.8 Å². The molecule has 2 heterocycles. The van der Waals surface area contributed by atoms with Crippen LogP contribution in [0.5, 0.6) is 0 Å². The van der Waals surface area contributed by atoms with Crippen LogP contribution in [-0.4, -0.2) is 9.97 Å². The summed E-state index contributed by atoms with van der Waals surface area (Å²) in [5, 5.41) is 2.57. The van der Waals surface area contributed by atoms with Crippen LogP contribution in [0.15, 0.2) is 255 Å². The molecule has 0 fully saturated rings. The first-order valence-electron chi connectivity index (χ1n) is 24.5. The van der Waals surface area contributed by atoms with Crippen LogP contribution < -0.4 is 0 Å². The lowest BCUT2D eigenvalue weighted by Gasteiger charge is -2.31. The predicted octanol–water partition coefficient (Wildman–Crippen LogP) is 17.6. The van der Waals surface area contributed by atoms with Crippen molar-refractivity contribution in [1.82, 2.24) is 9.97 Å². The van der Waals surface area contributed by atoms with Gasteiger partial charge in [-0.3, -0.25) is 4.98 Å². The summed E-state index contributed by atoms with van der Waals surface area (Å²) in [5.74, 6) is 0. The second-order valence-corrected chi connectivity index (χ2v) is 19.2. The molecule has 0 atom stereocenters. The monoisotopic (exact) mass is 898 g/mol. The van der Waals surface area contributed by atoms with E-state index in [-0.39, 0.29) is 0 Å². The predicted molar refractivity (Wildman–Crippen MR) is 293 cm³/mol. The smallest absolute Gasteiger partial charge is 0.0725 e. The van der Waals surface area contributed by atoms with Crippen LogP contribution in [0.1, 0.15) is 22.3 Å². The summed E-state index contributed by atoms with van der Waals surface area (Å²) in [4.78, 5) is 10.6. The van der Waals surface area contributed by atoms with Gasteiger partial charge in [0.25, 0.3) is 0 Å². The molecule has 0 N–H and O–H groups in total. The van der Waals surface area contributed by atoms with Gasteiger partial charge in [-0.2, -0.15) is 0 Å². The fourth-order valence-electron chi connectivity index (χ4n) is 12.5. The first-order valence-corrected chi connectivity index (χ1v) is 24.5. The molecule has 0 bridgehead atoms. The fraction of sp³-hybridized carbons (Fsp3) is 0.0145. The summed E-state index contributed by atoms with van der Waals surface area (Å²) in [6.07, 6.45) is 4.13. The SMILES string of the molecule is c1ccc(-c2ccc(-c3cc(-c4cncc(-c5c6c(cc7c5-c5ccccc5C75c7ccccc7-c7ccccc75)-c5cccc7cccc-6c57)c4)cc(-c4ccc(-c5ccccc5)cc4)n3)cc2)cc1. The summed E-state index contributed by atoms with van der Waals surface area (Å²) in [6, 6.07) is 89.2. The zero-order valence-electron chi connectivity index (χ0n) is 38.6. The molecule has 0 amide bonds. The molecule has 2 aromatic heterocycles. The lowest BCUT2D eigenvalue weighted by molar-refractivity contribution is 0.794. The number of hydrogen-bond acceptors (Lipinski definition) is 2. The van der Waals surface area contributed by atoms with Gasteiger partial charge in [0.2, 0.25) is 0 Å². The highest BCUT2D eigenvalue weighted by molar-refractivity contribution is 6.21. The quantitative estimate of drug-likeness (QED) is 0.166. The van der Waals surface area contributed by atoms with E-state index in [1.165, 1.54) is 105 Å². The molecule has 1 spiro atoms. The average molecular weight is 899 g/mol. The standard InChI is InChI=1S/C69H42N2/c1-3-15-43(16-4-1)45-29-33-47(34-30-45)63-38-50(39-64(71-63)48-35-31-46(32-36-48)44-17-5-2-6-18-44)51-37-52(42-70-41-51)66-67-57-25-14-20-49-19-13-24-55(65(49)57)58(67)40-62-68(66)56-23-9-12-28-61(56)69(62)59-26-10-7-21-53(59)54-22-8-11-27-60(54)69/h1-42H. The van der Waals surface area contributed by atoms with Crippen LogP contribution in [-0.2, 0) is 5.41 Å². The van der Waals surface area contributed by atoms with Gasteiger partial charge < -0.3 is 0 Å². The molecule has 0 unspecified atom stereocenters. The Labute approximate surface area is 412 Å². The van der Waals surface area contributed by atoms with Crippen LogP contribution >= 0.6 is 0 Å². The van der Waals surface area contributed by atoms with E-state index in [9.17, 15) is 0 Å². The number of rotatable bonds is 6. The number of nitrogens with zero attached hydrogens (tertiary/aromatic N) is 2. The van der Waals surface area contributed by atoms with Crippen LogP contribution in [0, 0.1) is 0 Å². The van der Waals surface area contributed by atoms with Gasteiger partial charge in [0.05, 0.1) is 16.8 Å². The molecular formula is C69H42N2. The van der Waals surface area contributed by atoms with Crippen LogP contribution in [0.25, 0.3) is 122 Å². The Morgan fingerprint density at radius 1 is 0.254 bits per heavy atom. The minimum Gasteiger partial charge on any atom is -0.263 e. The van der Waals surface area contributed by atoms with Crippen LogP contribution in [0.2, 0.25) is 0 Å². The van der Waals surface area contributed by atoms with Gasteiger partial charge in [-0.05, 0) is 135 Å². The van der Waals surface area contributed by atoms with Gasteiger partial charge in [-0.1, -0.05) is 218 Å². The molecule has 3 aliphatic carbocycles. The molecule has 2 nitrogen and oxygen atoms in total. The summed E-state index contributed by atoms with van der Waals surface area (Å²) >= 11 is 0. The Kier molecular flexibility index (Phi) is 8.61. The van der Waals surface area contributed by atoms with E-state index < -0.39 is 5.41 Å². The number of pyridine rings is 2. The summed E-state index contributed by atoms with van der Waals surface area (Å²) < 4.78 is 0. The second-order valence-electron chi connectivity index (χ2n) is 19.2. The maximum atomic E-state index is 5.41. The molecule has 15 rings (SSSR count). The van der Waals surface area contributed by atoms with Crippen molar-refractivity contribution < 1.29 is 0 Å². The Morgan fingerprint density at radius 3 is 1.31 bits per heavy atom. The Morgan fingerprint density at radius 2 is 0.718 bits per heavy atom. The van der Waals surface area contributed by atoms with Crippen molar-refractivity contribution in [2.24, 2.45) is 0 Å². The van der Waals surface area contributed by atoms with Gasteiger partial charge in [0.1, 0.15) is 0 Å². The van der Waals surface area contributed by atoms with Crippen LogP contribution in [0.3, 0.4) is 0 Å². The molecule has 3 aliphatic rings. The third-order valence-corrected chi connectivity index (χ3v) is 15.5. The van der Waals surface area contributed by atoms with Crippen molar-refractivity contribution in [3.63, 3.8) is 0 Å². The van der Waals surface area contributed by atoms with Crippen molar-refractivity contribution in [2.75, 3.05) is 0 Å². The molecule has 0 aliphatic heterocycles. The molecule has 328 valence electrons. The van der Waals surface area contributed by atoms with E-state index in [4.69, 9.17) is 9.97 Å². The molecule has 0 saturated carbocycles. The van der Waals surface area contributed by atoms with Gasteiger partial charge in [-0.15, -0.1) is 0 Å². The first kappa shape index (κ1) is 39.7. The Hall–Kier alpha value is -9.24. The van der Waals surface area contributed by atoms with Crippen LogP contribution in [0.4, 0.5) is 0 Å². The Balaban J connectivity index is 0.970. The highest BCUT2D eigenvalue weighted by Gasteiger charge is 2.53. The van der Waals surface area contributed by atoms with Crippen molar-refractivity contribution in [2.45, 2.75) is 5.41 Å². The lowest BCUT2D eigenvalue weighted by atomic mass is 9.69. The molecule has 71 heavy (non-hydrogen) atoms. The molecule has 10 aromatic carbocycles. The molecule has 0 radical (unpaired) electrons. The van der Waals surface area contributed by atoms with E-state index in [0.29, 0.717) is 0 Å². The van der Waals surface area contributed by atoms with E-state index >= 15 is 0 Å². The van der Waals surface area contributed by atoms with Crippen molar-refractivity contribution in [3.05, 3.63) is 277 Å². The normalized spacial score (nSPS) is 12.9. The summed E-state index contributed by atoms with van der Waals surface area (Å²) in [7, 11) is 0. The highest BCUT2D eigenvalue weighted by atomic mass is 14.7. The van der Waals surface area contributed by atoms with E-state index in [2.05, 4.69) is 249 Å². The summed E-state index contributed by atoms with van der Waals surface area (Å²) in [5.41, 5.74) is 28.2. The fourth-order valence-corrected chi connectivity index (χ4v) is 12.5. The largest absolute Gasteiger partial charge is 0.263 e. The maximum absolute atomic E-state index is 5.41. The number of benzene rings is 10. The average Bonchev–Trinajstić information content (AvgIpc) is 4.07. The minimum atomic E-state index is -0.502. The van der Waals surface area contributed by atoms with E-state index in [1.54, 1.807) is 0 Å². The number of fused-ring (bicyclic) bond motifs is 13. The third-order valence-electron chi connectivity index (χ3n) is 15.5. The van der Waals surface area contributed by atoms with Crippen molar-refractivity contribution in [3.8, 4) is 112 Å². The zero-order chi connectivity index (χ0) is 46.6. The third kappa shape index (κ3) is 5.83. The first-order chi connectivity index (χ1) is 35.2. The molecular weight excluding hydrogens is 857 g/mol. The molecule has 0 saturated heterocycles. The van der Waals surface area contributed by atoms with Crippen molar-refractivity contribution in [1.29, 1.82) is 0 Å². The highest BCUT2D eigenvalue weighted by Crippen LogP contribution is 2.67. The number of hydrogen-bond donors (Lipinski definition) is 0. The van der Waals surface area contributed by atoms with E-state index in [0.717, 1.165) is 39.2 Å². The maximum Gasteiger partial charge on any atom is 0.0725 e. The molecule has 12 aromatic rings.